The second-order valence-corrected chi connectivity index (χ2v) is 5.61. The Morgan fingerprint density at radius 1 is 1.32 bits per heavy atom. The topological polar surface area (TPSA) is 52.6 Å². The minimum absolute atomic E-state index is 0.0238. The molecule has 1 aliphatic heterocycles. The number of hydrogen-bond donors (Lipinski definition) is 2. The summed E-state index contributed by atoms with van der Waals surface area (Å²) in [4.78, 5) is 13.9. The number of benzene rings is 1. The number of rotatable bonds is 3. The van der Waals surface area contributed by atoms with Crippen LogP contribution in [0, 0.1) is 0 Å². The zero-order valence-electron chi connectivity index (χ0n) is 11.2. The van der Waals surface area contributed by atoms with E-state index in [0.717, 1.165) is 11.6 Å². The molecule has 2 atom stereocenters. The first-order valence-corrected chi connectivity index (χ1v) is 6.94. The second-order valence-electron chi connectivity index (χ2n) is 5.61. The molecule has 1 amide bonds. The molecule has 1 aromatic rings. The maximum Gasteiger partial charge on any atom is 0.243 e. The smallest absolute Gasteiger partial charge is 0.243 e. The van der Waals surface area contributed by atoms with Crippen LogP contribution < -0.4 is 10.2 Å². The van der Waals surface area contributed by atoms with Gasteiger partial charge in [-0.15, -0.1) is 0 Å². The van der Waals surface area contributed by atoms with Crippen LogP contribution in [0.3, 0.4) is 0 Å². The SMILES string of the molecule is CN(C(=O)[C@H]1C[C@@H](O)CN1)c1ccc(C2CC2)cc1. The lowest BCUT2D eigenvalue weighted by Gasteiger charge is -2.21. The highest BCUT2D eigenvalue weighted by molar-refractivity contribution is 5.96. The number of carbonyl (C=O) groups excluding carboxylic acids is 1. The van der Waals surface area contributed by atoms with E-state index in [-0.39, 0.29) is 11.9 Å². The van der Waals surface area contributed by atoms with E-state index in [1.54, 1.807) is 11.9 Å². The minimum Gasteiger partial charge on any atom is -0.392 e. The van der Waals surface area contributed by atoms with Crippen molar-refractivity contribution in [2.45, 2.75) is 37.3 Å². The molecule has 1 aliphatic carbocycles. The summed E-state index contributed by atoms with van der Waals surface area (Å²) in [5, 5.41) is 12.5. The largest absolute Gasteiger partial charge is 0.392 e. The molecule has 0 radical (unpaired) electrons. The van der Waals surface area contributed by atoms with E-state index >= 15 is 0 Å². The Bertz CT molecular complexity index is 468. The Kier molecular flexibility index (Phi) is 3.29. The molecular weight excluding hydrogens is 240 g/mol. The summed E-state index contributed by atoms with van der Waals surface area (Å²) in [5.41, 5.74) is 2.29. The van der Waals surface area contributed by atoms with Crippen LogP contribution in [0.5, 0.6) is 0 Å². The van der Waals surface area contributed by atoms with E-state index in [9.17, 15) is 9.90 Å². The summed E-state index contributed by atoms with van der Waals surface area (Å²) >= 11 is 0. The molecule has 2 N–H and O–H groups in total. The summed E-state index contributed by atoms with van der Waals surface area (Å²) in [6.07, 6.45) is 2.68. The van der Waals surface area contributed by atoms with E-state index < -0.39 is 6.10 Å². The highest BCUT2D eigenvalue weighted by atomic mass is 16.3. The Morgan fingerprint density at radius 2 is 2.00 bits per heavy atom. The van der Waals surface area contributed by atoms with Gasteiger partial charge in [0.05, 0.1) is 12.1 Å². The number of nitrogens with one attached hydrogen (secondary N) is 1. The minimum atomic E-state index is -0.403. The van der Waals surface area contributed by atoms with Crippen LogP contribution in [0.25, 0.3) is 0 Å². The van der Waals surface area contributed by atoms with Gasteiger partial charge >= 0.3 is 0 Å². The van der Waals surface area contributed by atoms with Gasteiger partial charge in [0.15, 0.2) is 0 Å². The number of likely N-dealkylation sites (N-methyl/N-ethyl adjacent to an activating group) is 1. The van der Waals surface area contributed by atoms with Gasteiger partial charge in [-0.1, -0.05) is 12.1 Å². The third-order valence-corrected chi connectivity index (χ3v) is 4.07. The monoisotopic (exact) mass is 260 g/mol. The van der Waals surface area contributed by atoms with Gasteiger partial charge in [0, 0.05) is 19.3 Å². The number of aliphatic hydroxyl groups is 1. The van der Waals surface area contributed by atoms with E-state index in [0.29, 0.717) is 13.0 Å². The molecule has 2 fully saturated rings. The summed E-state index contributed by atoms with van der Waals surface area (Å²) in [6, 6.07) is 8.00. The average Bonchev–Trinajstić information content (AvgIpc) is 3.19. The number of β-amino-alcohol motifs (C(OH)–C–C–N with tert-alkyl or cyclic N) is 1. The van der Waals surface area contributed by atoms with Crippen molar-refractivity contribution in [2.24, 2.45) is 0 Å². The highest BCUT2D eigenvalue weighted by Gasteiger charge is 2.30. The number of nitrogens with zero attached hydrogens (tertiary/aromatic N) is 1. The summed E-state index contributed by atoms with van der Waals surface area (Å²) < 4.78 is 0. The lowest BCUT2D eigenvalue weighted by atomic mass is 10.1. The first-order valence-electron chi connectivity index (χ1n) is 6.94. The second kappa shape index (κ2) is 4.94. The van der Waals surface area contributed by atoms with Gasteiger partial charge in [0.25, 0.3) is 0 Å². The van der Waals surface area contributed by atoms with E-state index in [2.05, 4.69) is 17.4 Å². The van der Waals surface area contributed by atoms with Crippen LogP contribution in [0.15, 0.2) is 24.3 Å². The highest BCUT2D eigenvalue weighted by Crippen LogP contribution is 2.40. The van der Waals surface area contributed by atoms with Gasteiger partial charge in [0.2, 0.25) is 5.91 Å². The van der Waals surface area contributed by atoms with Crippen LogP contribution in [0.1, 0.15) is 30.7 Å². The lowest BCUT2D eigenvalue weighted by Crippen LogP contribution is -2.41. The third-order valence-electron chi connectivity index (χ3n) is 4.07. The van der Waals surface area contributed by atoms with E-state index in [1.165, 1.54) is 18.4 Å². The van der Waals surface area contributed by atoms with Crippen LogP contribution >= 0.6 is 0 Å². The first kappa shape index (κ1) is 12.6. The maximum absolute atomic E-state index is 12.3. The van der Waals surface area contributed by atoms with Gasteiger partial charge in [-0.2, -0.15) is 0 Å². The van der Waals surface area contributed by atoms with Crippen molar-refractivity contribution < 1.29 is 9.90 Å². The van der Waals surface area contributed by atoms with Crippen molar-refractivity contribution in [1.82, 2.24) is 5.32 Å². The van der Waals surface area contributed by atoms with Crippen LogP contribution in [-0.4, -0.2) is 36.8 Å². The molecule has 0 bridgehead atoms. The van der Waals surface area contributed by atoms with Crippen molar-refractivity contribution in [3.8, 4) is 0 Å². The van der Waals surface area contributed by atoms with Gasteiger partial charge in [0.1, 0.15) is 0 Å². The molecule has 19 heavy (non-hydrogen) atoms. The van der Waals surface area contributed by atoms with Gasteiger partial charge in [-0.3, -0.25) is 4.79 Å². The van der Waals surface area contributed by atoms with Crippen molar-refractivity contribution in [3.05, 3.63) is 29.8 Å². The zero-order chi connectivity index (χ0) is 13.4. The number of amides is 1. The molecule has 4 nitrogen and oxygen atoms in total. The fourth-order valence-electron chi connectivity index (χ4n) is 2.65. The van der Waals surface area contributed by atoms with E-state index in [1.807, 2.05) is 12.1 Å². The van der Waals surface area contributed by atoms with Crippen molar-refractivity contribution in [3.63, 3.8) is 0 Å². The molecule has 1 heterocycles. The summed E-state index contributed by atoms with van der Waals surface area (Å²) in [6.45, 7) is 0.505. The Labute approximate surface area is 113 Å². The fraction of sp³-hybridized carbons (Fsp3) is 0.533. The molecular formula is C15H20N2O2. The summed E-state index contributed by atoms with van der Waals surface area (Å²) in [7, 11) is 1.79. The van der Waals surface area contributed by atoms with Crippen molar-refractivity contribution >= 4 is 11.6 Å². The molecule has 0 spiro atoms. The Hall–Kier alpha value is -1.39. The first-order chi connectivity index (χ1) is 9.15. The van der Waals surface area contributed by atoms with Crippen LogP contribution in [-0.2, 0) is 4.79 Å². The number of anilines is 1. The van der Waals surface area contributed by atoms with Crippen LogP contribution in [0.2, 0.25) is 0 Å². The number of aliphatic hydroxyl groups excluding tert-OH is 1. The summed E-state index contributed by atoms with van der Waals surface area (Å²) in [5.74, 6) is 0.762. The fourth-order valence-corrected chi connectivity index (χ4v) is 2.65. The Balaban J connectivity index is 1.68. The van der Waals surface area contributed by atoms with Gasteiger partial charge in [-0.05, 0) is 42.9 Å². The van der Waals surface area contributed by atoms with Crippen LogP contribution in [0.4, 0.5) is 5.69 Å². The molecule has 102 valence electrons. The molecule has 0 unspecified atom stereocenters. The van der Waals surface area contributed by atoms with Gasteiger partial charge < -0.3 is 15.3 Å². The molecule has 1 saturated carbocycles. The predicted molar refractivity (Wildman–Crippen MR) is 74.2 cm³/mol. The predicted octanol–water partition coefficient (Wildman–Crippen LogP) is 1.25. The molecule has 3 rings (SSSR count). The molecule has 2 aliphatic rings. The lowest BCUT2D eigenvalue weighted by molar-refractivity contribution is -0.120. The normalized spacial score (nSPS) is 26.4. The number of hydrogen-bond acceptors (Lipinski definition) is 3. The quantitative estimate of drug-likeness (QED) is 0.860. The molecule has 0 aromatic heterocycles. The standard InChI is InChI=1S/C15H20N2O2/c1-17(15(19)14-8-13(18)9-16-14)12-6-4-11(5-7-12)10-2-3-10/h4-7,10,13-14,16,18H,2-3,8-9H2,1H3/t13-,14-/m1/s1. The molecule has 1 saturated heterocycles. The average molecular weight is 260 g/mol. The molecule has 4 heteroatoms. The van der Waals surface area contributed by atoms with Crippen molar-refractivity contribution in [2.75, 3.05) is 18.5 Å². The maximum atomic E-state index is 12.3. The van der Waals surface area contributed by atoms with Crippen molar-refractivity contribution in [1.29, 1.82) is 0 Å². The Morgan fingerprint density at radius 3 is 2.53 bits per heavy atom. The molecule has 1 aromatic carbocycles. The number of carbonyl (C=O) groups is 1. The zero-order valence-corrected chi connectivity index (χ0v) is 11.2. The third kappa shape index (κ3) is 2.65. The van der Waals surface area contributed by atoms with E-state index in [4.69, 9.17) is 0 Å². The van der Waals surface area contributed by atoms with Gasteiger partial charge in [-0.25, -0.2) is 0 Å².